The van der Waals surface area contributed by atoms with E-state index in [0.717, 1.165) is 21.9 Å². The Hall–Kier alpha value is -0.800. The minimum Gasteiger partial charge on any atom is -0.381 e. The summed E-state index contributed by atoms with van der Waals surface area (Å²) < 4.78 is 2.25. The maximum atomic E-state index is 3.51. The first kappa shape index (κ1) is 13.6. The second-order valence-corrected chi connectivity index (χ2v) is 5.97. The Morgan fingerprint density at radius 2 is 1.78 bits per heavy atom. The molecule has 0 aliphatic carbocycles. The van der Waals surface area contributed by atoms with Crippen LogP contribution in [-0.4, -0.2) is 0 Å². The van der Waals surface area contributed by atoms with Gasteiger partial charge >= 0.3 is 0 Å². The first-order valence-corrected chi connectivity index (χ1v) is 7.54. The minimum absolute atomic E-state index is 0.841. The predicted octanol–water partition coefficient (Wildman–Crippen LogP) is 5.39. The highest BCUT2D eigenvalue weighted by atomic mass is 79.9. The summed E-state index contributed by atoms with van der Waals surface area (Å²) in [6, 6.07) is 14.7. The molecule has 2 aromatic rings. The normalized spacial score (nSPS) is 10.4. The molecule has 0 aromatic heterocycles. The number of nitrogens with one attached hydrogen (secondary N) is 1. The molecule has 0 bridgehead atoms. The SMILES string of the molecule is CCc1cc(Br)ccc1NCc1cccc(Br)c1. The van der Waals surface area contributed by atoms with E-state index in [2.05, 4.69) is 80.5 Å². The Morgan fingerprint density at radius 3 is 2.50 bits per heavy atom. The molecule has 0 saturated carbocycles. The van der Waals surface area contributed by atoms with Gasteiger partial charge in [-0.3, -0.25) is 0 Å². The molecule has 0 fully saturated rings. The van der Waals surface area contributed by atoms with Crippen LogP contribution >= 0.6 is 31.9 Å². The van der Waals surface area contributed by atoms with Gasteiger partial charge in [0.05, 0.1) is 0 Å². The molecule has 3 heteroatoms. The fourth-order valence-electron chi connectivity index (χ4n) is 1.87. The second-order valence-electron chi connectivity index (χ2n) is 4.14. The lowest BCUT2D eigenvalue weighted by Gasteiger charge is -2.11. The standard InChI is InChI=1S/C15H15Br2N/c1-2-12-9-14(17)6-7-15(12)18-10-11-4-3-5-13(16)8-11/h3-9,18H,2,10H2,1H3. The molecule has 1 nitrogen and oxygen atoms in total. The van der Waals surface area contributed by atoms with E-state index >= 15 is 0 Å². The van der Waals surface area contributed by atoms with E-state index in [1.165, 1.54) is 16.8 Å². The average Bonchev–Trinajstić information content (AvgIpc) is 2.37. The molecule has 0 amide bonds. The van der Waals surface area contributed by atoms with Crippen LogP contribution in [0.25, 0.3) is 0 Å². The van der Waals surface area contributed by atoms with Crippen LogP contribution in [-0.2, 0) is 13.0 Å². The Balaban J connectivity index is 2.10. The van der Waals surface area contributed by atoms with Gasteiger partial charge in [-0.15, -0.1) is 0 Å². The van der Waals surface area contributed by atoms with Crippen molar-refractivity contribution in [2.75, 3.05) is 5.32 Å². The van der Waals surface area contributed by atoms with Crippen molar-refractivity contribution in [1.29, 1.82) is 0 Å². The second kappa shape index (κ2) is 6.39. The van der Waals surface area contributed by atoms with E-state index in [1.54, 1.807) is 0 Å². The highest BCUT2D eigenvalue weighted by Gasteiger charge is 2.01. The number of hydrogen-bond donors (Lipinski definition) is 1. The lowest BCUT2D eigenvalue weighted by atomic mass is 10.1. The summed E-state index contributed by atoms with van der Waals surface area (Å²) in [4.78, 5) is 0. The topological polar surface area (TPSA) is 12.0 Å². The zero-order valence-corrected chi connectivity index (χ0v) is 13.4. The van der Waals surface area contributed by atoms with Crippen molar-refractivity contribution in [2.24, 2.45) is 0 Å². The van der Waals surface area contributed by atoms with Gasteiger partial charge in [-0.2, -0.15) is 0 Å². The molecule has 0 atom stereocenters. The number of rotatable bonds is 4. The highest BCUT2D eigenvalue weighted by molar-refractivity contribution is 9.10. The van der Waals surface area contributed by atoms with Crippen LogP contribution < -0.4 is 5.32 Å². The van der Waals surface area contributed by atoms with Crippen molar-refractivity contribution in [1.82, 2.24) is 0 Å². The molecule has 94 valence electrons. The molecule has 0 heterocycles. The first-order valence-electron chi connectivity index (χ1n) is 5.96. The molecule has 18 heavy (non-hydrogen) atoms. The quantitative estimate of drug-likeness (QED) is 0.763. The largest absolute Gasteiger partial charge is 0.381 e. The molecule has 0 radical (unpaired) electrons. The third-order valence-corrected chi connectivity index (χ3v) is 3.81. The summed E-state index contributed by atoms with van der Waals surface area (Å²) in [5.41, 5.74) is 3.81. The van der Waals surface area contributed by atoms with Gasteiger partial charge in [0.2, 0.25) is 0 Å². The molecule has 0 unspecified atom stereocenters. The maximum Gasteiger partial charge on any atom is 0.0401 e. The fourth-order valence-corrected chi connectivity index (χ4v) is 2.73. The molecule has 0 aliphatic rings. The Bertz CT molecular complexity index is 538. The third-order valence-electron chi connectivity index (χ3n) is 2.82. The van der Waals surface area contributed by atoms with E-state index in [4.69, 9.17) is 0 Å². The molecular weight excluding hydrogens is 354 g/mol. The van der Waals surface area contributed by atoms with Crippen LogP contribution in [0.1, 0.15) is 18.1 Å². The maximum absolute atomic E-state index is 3.51. The lowest BCUT2D eigenvalue weighted by Crippen LogP contribution is -2.02. The molecule has 2 aromatic carbocycles. The Labute approximate surface area is 125 Å². The summed E-state index contributed by atoms with van der Waals surface area (Å²) in [6.45, 7) is 3.01. The zero-order chi connectivity index (χ0) is 13.0. The smallest absolute Gasteiger partial charge is 0.0401 e. The van der Waals surface area contributed by atoms with Crippen LogP contribution in [0.5, 0.6) is 0 Å². The molecule has 2 rings (SSSR count). The highest BCUT2D eigenvalue weighted by Crippen LogP contribution is 2.22. The molecular formula is C15H15Br2N. The van der Waals surface area contributed by atoms with Crippen molar-refractivity contribution in [3.63, 3.8) is 0 Å². The van der Waals surface area contributed by atoms with Crippen LogP contribution in [0.3, 0.4) is 0 Å². The van der Waals surface area contributed by atoms with Gasteiger partial charge in [-0.25, -0.2) is 0 Å². The van der Waals surface area contributed by atoms with Gasteiger partial charge in [0.1, 0.15) is 0 Å². The minimum atomic E-state index is 0.841. The lowest BCUT2D eigenvalue weighted by molar-refractivity contribution is 1.09. The Kier molecular flexibility index (Phi) is 4.84. The van der Waals surface area contributed by atoms with Gasteiger partial charge in [-0.05, 0) is 47.9 Å². The summed E-state index contributed by atoms with van der Waals surface area (Å²) in [6.07, 6.45) is 1.03. The summed E-state index contributed by atoms with van der Waals surface area (Å²) >= 11 is 7.00. The van der Waals surface area contributed by atoms with Crippen LogP contribution in [0, 0.1) is 0 Å². The number of aryl methyl sites for hydroxylation is 1. The third kappa shape index (κ3) is 3.59. The van der Waals surface area contributed by atoms with Crippen molar-refractivity contribution >= 4 is 37.5 Å². The number of benzene rings is 2. The van der Waals surface area contributed by atoms with E-state index in [-0.39, 0.29) is 0 Å². The van der Waals surface area contributed by atoms with Crippen molar-refractivity contribution in [3.8, 4) is 0 Å². The molecule has 1 N–H and O–H groups in total. The van der Waals surface area contributed by atoms with E-state index < -0.39 is 0 Å². The Morgan fingerprint density at radius 1 is 1.00 bits per heavy atom. The predicted molar refractivity (Wildman–Crippen MR) is 85.0 cm³/mol. The van der Waals surface area contributed by atoms with E-state index in [1.807, 2.05) is 6.07 Å². The van der Waals surface area contributed by atoms with Gasteiger partial charge in [-0.1, -0.05) is 50.9 Å². The summed E-state index contributed by atoms with van der Waals surface area (Å²) in [7, 11) is 0. The molecule has 0 saturated heterocycles. The van der Waals surface area contributed by atoms with Crippen LogP contribution in [0.4, 0.5) is 5.69 Å². The fraction of sp³-hybridized carbons (Fsp3) is 0.200. The van der Waals surface area contributed by atoms with E-state index in [0.29, 0.717) is 0 Å². The van der Waals surface area contributed by atoms with Gasteiger partial charge in [0.15, 0.2) is 0 Å². The van der Waals surface area contributed by atoms with Gasteiger partial charge < -0.3 is 5.32 Å². The van der Waals surface area contributed by atoms with Gasteiger partial charge in [0, 0.05) is 21.2 Å². The van der Waals surface area contributed by atoms with Crippen molar-refractivity contribution < 1.29 is 0 Å². The van der Waals surface area contributed by atoms with Crippen molar-refractivity contribution in [3.05, 3.63) is 62.5 Å². The van der Waals surface area contributed by atoms with E-state index in [9.17, 15) is 0 Å². The number of hydrogen-bond acceptors (Lipinski definition) is 1. The molecule has 0 spiro atoms. The average molecular weight is 369 g/mol. The number of anilines is 1. The zero-order valence-electron chi connectivity index (χ0n) is 10.2. The van der Waals surface area contributed by atoms with Gasteiger partial charge in [0.25, 0.3) is 0 Å². The van der Waals surface area contributed by atoms with Crippen LogP contribution in [0.2, 0.25) is 0 Å². The van der Waals surface area contributed by atoms with Crippen LogP contribution in [0.15, 0.2) is 51.4 Å². The summed E-state index contributed by atoms with van der Waals surface area (Å²) in [5, 5.41) is 3.49. The summed E-state index contributed by atoms with van der Waals surface area (Å²) in [5.74, 6) is 0. The first-order chi connectivity index (χ1) is 8.69. The molecule has 0 aliphatic heterocycles. The van der Waals surface area contributed by atoms with Crippen molar-refractivity contribution in [2.45, 2.75) is 19.9 Å². The number of halogens is 2. The monoisotopic (exact) mass is 367 g/mol.